The van der Waals surface area contributed by atoms with Crippen molar-refractivity contribution in [3.05, 3.63) is 63.6 Å². The lowest BCUT2D eigenvalue weighted by molar-refractivity contribution is -0.111. The van der Waals surface area contributed by atoms with E-state index in [2.05, 4.69) is 52.1 Å². The Morgan fingerprint density at radius 3 is 2.71 bits per heavy atom. The maximum Gasteiger partial charge on any atom is 0.147 e. The summed E-state index contributed by atoms with van der Waals surface area (Å²) in [5, 5.41) is 0. The smallest absolute Gasteiger partial charge is 0.147 e. The van der Waals surface area contributed by atoms with Gasteiger partial charge in [-0.25, -0.2) is 4.99 Å². The molecule has 1 unspecified atom stereocenters. The Morgan fingerprint density at radius 1 is 1.24 bits per heavy atom. The second-order valence-electron chi connectivity index (χ2n) is 5.19. The van der Waals surface area contributed by atoms with Crippen LogP contribution in [-0.2, 0) is 11.3 Å². The first-order valence-electron chi connectivity index (χ1n) is 6.77. The fourth-order valence-electron chi connectivity index (χ4n) is 2.46. The number of aryl methyl sites for hydroxylation is 1. The molecule has 106 valence electrons. The molecule has 1 aliphatic heterocycles. The van der Waals surface area contributed by atoms with Gasteiger partial charge in [0, 0.05) is 16.6 Å². The summed E-state index contributed by atoms with van der Waals surface area (Å²) < 4.78 is 0.959. The molecule has 0 saturated heterocycles. The second kappa shape index (κ2) is 5.82. The number of hydrogen-bond donors (Lipinski definition) is 0. The molecule has 0 radical (unpaired) electrons. The first kappa shape index (κ1) is 14.0. The minimum Gasteiger partial charge on any atom is -0.344 e. The van der Waals surface area contributed by atoms with Crippen LogP contribution in [0.4, 0.5) is 5.69 Å². The highest BCUT2D eigenvalue weighted by atomic mass is 79.9. The quantitative estimate of drug-likeness (QED) is 0.784. The molecule has 0 aromatic heterocycles. The van der Waals surface area contributed by atoms with Crippen molar-refractivity contribution in [1.29, 1.82) is 0 Å². The molecule has 3 rings (SSSR count). The summed E-state index contributed by atoms with van der Waals surface area (Å²) in [7, 11) is 0. The van der Waals surface area contributed by atoms with E-state index in [9.17, 15) is 4.79 Å². The van der Waals surface area contributed by atoms with Crippen molar-refractivity contribution in [3.63, 3.8) is 0 Å². The molecule has 0 saturated carbocycles. The number of aliphatic imine (C=N–C) groups is 1. The Labute approximate surface area is 132 Å². The zero-order valence-electron chi connectivity index (χ0n) is 11.7. The van der Waals surface area contributed by atoms with Gasteiger partial charge in [-0.15, -0.1) is 0 Å². The fraction of sp³-hybridized carbons (Fsp3) is 0.176. The Bertz CT molecular complexity index is 694. The lowest BCUT2D eigenvalue weighted by Crippen LogP contribution is -2.30. The van der Waals surface area contributed by atoms with Crippen LogP contribution in [0.2, 0.25) is 0 Å². The van der Waals surface area contributed by atoms with Crippen LogP contribution in [0.3, 0.4) is 0 Å². The van der Waals surface area contributed by atoms with Crippen LogP contribution in [0.25, 0.3) is 0 Å². The number of halogens is 1. The highest BCUT2D eigenvalue weighted by Crippen LogP contribution is 2.34. The van der Waals surface area contributed by atoms with Gasteiger partial charge in [0.2, 0.25) is 0 Å². The first-order valence-corrected chi connectivity index (χ1v) is 7.57. The second-order valence-corrected chi connectivity index (χ2v) is 6.10. The number of fused-ring (bicyclic) bond motifs is 1. The Morgan fingerprint density at radius 2 is 2.00 bits per heavy atom. The molecule has 1 heterocycles. The van der Waals surface area contributed by atoms with Gasteiger partial charge < -0.3 is 9.69 Å². The van der Waals surface area contributed by atoms with Crippen LogP contribution in [0.1, 0.15) is 22.7 Å². The molecule has 3 nitrogen and oxygen atoms in total. The monoisotopic (exact) mass is 342 g/mol. The Hall–Kier alpha value is -1.94. The summed E-state index contributed by atoms with van der Waals surface area (Å²) in [6.07, 6.45) is 2.74. The summed E-state index contributed by atoms with van der Waals surface area (Å²) in [6, 6.07) is 13.9. The molecule has 0 aliphatic carbocycles. The van der Waals surface area contributed by atoms with Crippen molar-refractivity contribution in [2.45, 2.75) is 19.5 Å². The van der Waals surface area contributed by atoms with E-state index in [0.29, 0.717) is 6.54 Å². The van der Waals surface area contributed by atoms with E-state index in [1.54, 1.807) is 6.34 Å². The van der Waals surface area contributed by atoms with Crippen molar-refractivity contribution in [1.82, 2.24) is 4.90 Å². The summed E-state index contributed by atoms with van der Waals surface area (Å²) in [5.41, 5.74) is 4.19. The number of benzene rings is 2. The molecule has 1 aliphatic rings. The summed E-state index contributed by atoms with van der Waals surface area (Å²) in [6.45, 7) is 2.73. The molecule has 2 aromatic rings. The van der Waals surface area contributed by atoms with Gasteiger partial charge in [-0.2, -0.15) is 0 Å². The standard InChI is InChI=1S/C17H15BrN2O/c1-12-2-4-13(5-3-12)9-20-11-19-16-7-6-14(18)8-15(16)17(20)10-21/h2-8,10-11,17H,9H2,1H3. The molecule has 21 heavy (non-hydrogen) atoms. The molecule has 0 amide bonds. The van der Waals surface area contributed by atoms with E-state index in [-0.39, 0.29) is 6.04 Å². The van der Waals surface area contributed by atoms with E-state index in [1.807, 2.05) is 23.1 Å². The summed E-state index contributed by atoms with van der Waals surface area (Å²) >= 11 is 3.46. The van der Waals surface area contributed by atoms with Gasteiger partial charge in [0.05, 0.1) is 12.0 Å². The average molecular weight is 343 g/mol. The molecule has 2 aromatic carbocycles. The molecule has 1 atom stereocenters. The van der Waals surface area contributed by atoms with E-state index in [0.717, 1.165) is 27.6 Å². The third-order valence-corrected chi connectivity index (χ3v) is 4.12. The topological polar surface area (TPSA) is 32.7 Å². The van der Waals surface area contributed by atoms with Crippen LogP contribution >= 0.6 is 15.9 Å². The molecular formula is C17H15BrN2O. The van der Waals surface area contributed by atoms with Gasteiger partial charge in [-0.3, -0.25) is 0 Å². The number of rotatable bonds is 3. The predicted molar refractivity (Wildman–Crippen MR) is 87.8 cm³/mol. The Kier molecular flexibility index (Phi) is 3.88. The highest BCUT2D eigenvalue weighted by molar-refractivity contribution is 9.10. The molecule has 0 spiro atoms. The number of carbonyl (C=O) groups excluding carboxylic acids is 1. The number of carbonyl (C=O) groups is 1. The van der Waals surface area contributed by atoms with Gasteiger partial charge in [0.15, 0.2) is 0 Å². The molecule has 0 bridgehead atoms. The van der Waals surface area contributed by atoms with Crippen LogP contribution in [-0.4, -0.2) is 17.5 Å². The van der Waals surface area contributed by atoms with Crippen molar-refractivity contribution in [2.75, 3.05) is 0 Å². The van der Waals surface area contributed by atoms with Crippen LogP contribution < -0.4 is 0 Å². The minimum atomic E-state index is -0.295. The normalized spacial score (nSPS) is 16.7. The van der Waals surface area contributed by atoms with Crippen LogP contribution in [0, 0.1) is 6.92 Å². The van der Waals surface area contributed by atoms with Crippen LogP contribution in [0.15, 0.2) is 51.9 Å². The number of aldehydes is 1. The van der Waals surface area contributed by atoms with Crippen molar-refractivity contribution >= 4 is 34.2 Å². The summed E-state index contributed by atoms with van der Waals surface area (Å²) in [4.78, 5) is 18.0. The molecule has 0 N–H and O–H groups in total. The van der Waals surface area contributed by atoms with E-state index >= 15 is 0 Å². The lowest BCUT2D eigenvalue weighted by Gasteiger charge is -2.30. The number of nitrogens with zero attached hydrogens (tertiary/aromatic N) is 2. The molecular weight excluding hydrogens is 328 g/mol. The number of hydrogen-bond acceptors (Lipinski definition) is 3. The van der Waals surface area contributed by atoms with Gasteiger partial charge in [-0.1, -0.05) is 45.8 Å². The maximum atomic E-state index is 11.6. The largest absolute Gasteiger partial charge is 0.344 e. The van der Waals surface area contributed by atoms with Crippen molar-refractivity contribution < 1.29 is 4.79 Å². The lowest BCUT2D eigenvalue weighted by atomic mass is 10.0. The van der Waals surface area contributed by atoms with Gasteiger partial charge in [-0.05, 0) is 30.7 Å². The first-order chi connectivity index (χ1) is 10.2. The van der Waals surface area contributed by atoms with Gasteiger partial charge in [0.1, 0.15) is 12.3 Å². The maximum absolute atomic E-state index is 11.6. The molecule has 4 heteroatoms. The SMILES string of the molecule is Cc1ccc(CN2C=Nc3ccc(Br)cc3C2C=O)cc1. The Balaban J connectivity index is 1.90. The van der Waals surface area contributed by atoms with Crippen LogP contribution in [0.5, 0.6) is 0 Å². The van der Waals surface area contributed by atoms with E-state index < -0.39 is 0 Å². The zero-order valence-corrected chi connectivity index (χ0v) is 13.2. The van der Waals surface area contributed by atoms with E-state index in [4.69, 9.17) is 0 Å². The highest BCUT2D eigenvalue weighted by Gasteiger charge is 2.24. The summed E-state index contributed by atoms with van der Waals surface area (Å²) in [5.74, 6) is 0. The minimum absolute atomic E-state index is 0.295. The van der Waals surface area contributed by atoms with E-state index in [1.165, 1.54) is 5.56 Å². The van der Waals surface area contributed by atoms with Gasteiger partial charge >= 0.3 is 0 Å². The third kappa shape index (κ3) is 2.90. The van der Waals surface area contributed by atoms with Crippen molar-refractivity contribution in [3.8, 4) is 0 Å². The molecule has 0 fully saturated rings. The zero-order chi connectivity index (χ0) is 14.8. The predicted octanol–water partition coefficient (Wildman–Crippen LogP) is 4.17. The van der Waals surface area contributed by atoms with Crippen molar-refractivity contribution in [2.24, 2.45) is 4.99 Å². The average Bonchev–Trinajstić information content (AvgIpc) is 2.49. The van der Waals surface area contributed by atoms with Gasteiger partial charge in [0.25, 0.3) is 0 Å². The third-order valence-electron chi connectivity index (χ3n) is 3.63. The fourth-order valence-corrected chi connectivity index (χ4v) is 2.84.